The topological polar surface area (TPSA) is 52.3 Å². The Morgan fingerprint density at radius 1 is 1.37 bits per heavy atom. The first-order valence-corrected chi connectivity index (χ1v) is 7.83. The number of rotatable bonds is 8. The predicted molar refractivity (Wildman–Crippen MR) is 81.7 cm³/mol. The first-order chi connectivity index (χ1) is 9.13. The van der Waals surface area contributed by atoms with Crippen LogP contribution >= 0.6 is 23.4 Å². The summed E-state index contributed by atoms with van der Waals surface area (Å²) in [6.45, 7) is 2.29. The second kappa shape index (κ2) is 9.10. The zero-order chi connectivity index (χ0) is 14.1. The van der Waals surface area contributed by atoms with E-state index in [1.807, 2.05) is 25.1 Å². The summed E-state index contributed by atoms with van der Waals surface area (Å²) >= 11 is 7.71. The summed E-state index contributed by atoms with van der Waals surface area (Å²) < 4.78 is 4.87. The summed E-state index contributed by atoms with van der Waals surface area (Å²) in [4.78, 5) is 12.2. The van der Waals surface area contributed by atoms with E-state index < -0.39 is 0 Å². The molecular formula is C14H20ClNO2S. The number of halogens is 1. The fourth-order valence-electron chi connectivity index (χ4n) is 1.57. The van der Waals surface area contributed by atoms with E-state index in [-0.39, 0.29) is 5.97 Å². The van der Waals surface area contributed by atoms with Crippen molar-refractivity contribution >= 4 is 35.0 Å². The second-order valence-corrected chi connectivity index (χ2v) is 5.72. The molecule has 0 fully saturated rings. The molecule has 0 saturated carbocycles. The number of nitrogen functional groups attached to an aromatic ring is 1. The fraction of sp³-hybridized carbons (Fsp3) is 0.500. The SMILES string of the molecule is CCOC(=O)CCCCCSc1ccc(N)c(Cl)c1. The molecule has 0 amide bonds. The molecule has 1 aromatic rings. The van der Waals surface area contributed by atoms with Crippen molar-refractivity contribution in [2.24, 2.45) is 0 Å². The van der Waals surface area contributed by atoms with Crippen molar-refractivity contribution in [1.82, 2.24) is 0 Å². The Kier molecular flexibility index (Phi) is 7.75. The average Bonchev–Trinajstić information content (AvgIpc) is 2.38. The molecule has 0 unspecified atom stereocenters. The lowest BCUT2D eigenvalue weighted by atomic mass is 10.2. The predicted octanol–water partition coefficient (Wildman–Crippen LogP) is 4.14. The molecule has 0 atom stereocenters. The van der Waals surface area contributed by atoms with Crippen molar-refractivity contribution in [2.45, 2.75) is 37.5 Å². The molecule has 1 rings (SSSR count). The van der Waals surface area contributed by atoms with Gasteiger partial charge in [-0.1, -0.05) is 18.0 Å². The van der Waals surface area contributed by atoms with Crippen LogP contribution in [0.4, 0.5) is 5.69 Å². The van der Waals surface area contributed by atoms with Crippen LogP contribution in [0.5, 0.6) is 0 Å². The average molecular weight is 302 g/mol. The van der Waals surface area contributed by atoms with Gasteiger partial charge in [0, 0.05) is 11.3 Å². The molecule has 106 valence electrons. The third-order valence-electron chi connectivity index (χ3n) is 2.57. The van der Waals surface area contributed by atoms with Crippen LogP contribution in [0.3, 0.4) is 0 Å². The Balaban J connectivity index is 2.10. The van der Waals surface area contributed by atoms with Gasteiger partial charge in [-0.3, -0.25) is 4.79 Å². The van der Waals surface area contributed by atoms with E-state index in [0.29, 0.717) is 23.7 Å². The van der Waals surface area contributed by atoms with Gasteiger partial charge in [0.05, 0.1) is 17.3 Å². The highest BCUT2D eigenvalue weighted by Crippen LogP contribution is 2.27. The number of thioether (sulfide) groups is 1. The second-order valence-electron chi connectivity index (χ2n) is 4.15. The van der Waals surface area contributed by atoms with Crippen LogP contribution < -0.4 is 5.73 Å². The number of hydrogen-bond acceptors (Lipinski definition) is 4. The summed E-state index contributed by atoms with van der Waals surface area (Å²) in [5.41, 5.74) is 6.26. The lowest BCUT2D eigenvalue weighted by Gasteiger charge is -2.04. The molecule has 0 aliphatic rings. The standard InChI is InChI=1S/C14H20ClNO2S/c1-2-18-14(17)6-4-3-5-9-19-11-7-8-13(16)12(15)10-11/h7-8,10H,2-6,9,16H2,1H3. The highest BCUT2D eigenvalue weighted by atomic mass is 35.5. The van der Waals surface area contributed by atoms with Crippen LogP contribution in [-0.2, 0) is 9.53 Å². The number of ether oxygens (including phenoxy) is 1. The zero-order valence-corrected chi connectivity index (χ0v) is 12.7. The van der Waals surface area contributed by atoms with Gasteiger partial charge in [0.15, 0.2) is 0 Å². The van der Waals surface area contributed by atoms with E-state index in [2.05, 4.69) is 0 Å². The van der Waals surface area contributed by atoms with Gasteiger partial charge in [-0.2, -0.15) is 0 Å². The van der Waals surface area contributed by atoms with Crippen molar-refractivity contribution in [3.8, 4) is 0 Å². The highest BCUT2D eigenvalue weighted by molar-refractivity contribution is 7.99. The molecule has 0 aliphatic heterocycles. The summed E-state index contributed by atoms with van der Waals surface area (Å²) in [5, 5.41) is 0.604. The number of anilines is 1. The molecule has 3 nitrogen and oxygen atoms in total. The van der Waals surface area contributed by atoms with E-state index in [0.717, 1.165) is 29.9 Å². The van der Waals surface area contributed by atoms with Gasteiger partial charge >= 0.3 is 5.97 Å². The molecule has 5 heteroatoms. The molecule has 0 aromatic heterocycles. The Morgan fingerprint density at radius 3 is 2.84 bits per heavy atom. The highest BCUT2D eigenvalue weighted by Gasteiger charge is 2.02. The summed E-state index contributed by atoms with van der Waals surface area (Å²) in [6.07, 6.45) is 3.52. The molecule has 19 heavy (non-hydrogen) atoms. The maximum atomic E-state index is 11.1. The molecule has 0 radical (unpaired) electrons. The minimum Gasteiger partial charge on any atom is -0.466 e. The van der Waals surface area contributed by atoms with Crippen molar-refractivity contribution in [3.05, 3.63) is 23.2 Å². The van der Waals surface area contributed by atoms with Crippen molar-refractivity contribution in [2.75, 3.05) is 18.1 Å². The lowest BCUT2D eigenvalue weighted by molar-refractivity contribution is -0.143. The van der Waals surface area contributed by atoms with Gasteiger partial charge in [0.1, 0.15) is 0 Å². The molecule has 0 spiro atoms. The number of unbranched alkanes of at least 4 members (excludes halogenated alkanes) is 2. The molecule has 0 saturated heterocycles. The van der Waals surface area contributed by atoms with Crippen LogP contribution in [0.1, 0.15) is 32.6 Å². The summed E-state index contributed by atoms with van der Waals surface area (Å²) in [5.74, 6) is 0.920. The largest absolute Gasteiger partial charge is 0.466 e. The maximum Gasteiger partial charge on any atom is 0.305 e. The Bertz CT molecular complexity index is 412. The molecule has 1 aromatic carbocycles. The number of benzene rings is 1. The number of esters is 1. The van der Waals surface area contributed by atoms with Gasteiger partial charge in [-0.05, 0) is 43.7 Å². The van der Waals surface area contributed by atoms with E-state index >= 15 is 0 Å². The molecular weight excluding hydrogens is 282 g/mol. The van der Waals surface area contributed by atoms with Crippen molar-refractivity contribution in [3.63, 3.8) is 0 Å². The number of carbonyl (C=O) groups excluding carboxylic acids is 1. The van der Waals surface area contributed by atoms with Crippen molar-refractivity contribution < 1.29 is 9.53 Å². The van der Waals surface area contributed by atoms with Crippen LogP contribution in [0.15, 0.2) is 23.1 Å². The smallest absolute Gasteiger partial charge is 0.305 e. The van der Waals surface area contributed by atoms with E-state index in [1.165, 1.54) is 0 Å². The summed E-state index contributed by atoms with van der Waals surface area (Å²) in [6, 6.07) is 5.69. The normalized spacial score (nSPS) is 10.4. The number of carbonyl (C=O) groups is 1. The molecule has 0 bridgehead atoms. The lowest BCUT2D eigenvalue weighted by Crippen LogP contribution is -2.03. The van der Waals surface area contributed by atoms with E-state index in [9.17, 15) is 4.79 Å². The summed E-state index contributed by atoms with van der Waals surface area (Å²) in [7, 11) is 0. The molecule has 0 aliphatic carbocycles. The first kappa shape index (κ1) is 16.2. The van der Waals surface area contributed by atoms with Crippen molar-refractivity contribution in [1.29, 1.82) is 0 Å². The van der Waals surface area contributed by atoms with Crippen LogP contribution in [-0.4, -0.2) is 18.3 Å². The molecule has 2 N–H and O–H groups in total. The van der Waals surface area contributed by atoms with Crippen LogP contribution in [0, 0.1) is 0 Å². The van der Waals surface area contributed by atoms with Gasteiger partial charge in [0.2, 0.25) is 0 Å². The number of nitrogens with two attached hydrogens (primary N) is 1. The van der Waals surface area contributed by atoms with Gasteiger partial charge in [0.25, 0.3) is 0 Å². The van der Waals surface area contributed by atoms with Crippen LogP contribution in [0.25, 0.3) is 0 Å². The van der Waals surface area contributed by atoms with E-state index in [4.69, 9.17) is 22.1 Å². The van der Waals surface area contributed by atoms with E-state index in [1.54, 1.807) is 11.8 Å². The Labute approximate surface area is 123 Å². The molecule has 0 heterocycles. The monoisotopic (exact) mass is 301 g/mol. The third-order valence-corrected chi connectivity index (χ3v) is 3.98. The van der Waals surface area contributed by atoms with Gasteiger partial charge in [-0.15, -0.1) is 11.8 Å². The van der Waals surface area contributed by atoms with Gasteiger partial charge < -0.3 is 10.5 Å². The minimum atomic E-state index is -0.0968. The minimum absolute atomic E-state index is 0.0968. The zero-order valence-electron chi connectivity index (χ0n) is 11.2. The Morgan fingerprint density at radius 2 is 2.16 bits per heavy atom. The van der Waals surface area contributed by atoms with Crippen LogP contribution in [0.2, 0.25) is 5.02 Å². The quantitative estimate of drug-likeness (QED) is 0.339. The van der Waals surface area contributed by atoms with Gasteiger partial charge in [-0.25, -0.2) is 0 Å². The third kappa shape index (κ3) is 6.73. The fourth-order valence-corrected chi connectivity index (χ4v) is 2.76. The first-order valence-electron chi connectivity index (χ1n) is 6.47. The maximum absolute atomic E-state index is 11.1. The Hall–Kier alpha value is -0.870. The number of hydrogen-bond donors (Lipinski definition) is 1.